The largest absolute Gasteiger partial charge is 0.342 e. The Morgan fingerprint density at radius 2 is 2.11 bits per heavy atom. The first kappa shape index (κ1) is 17.7. The fraction of sp³-hybridized carbons (Fsp3) is 0.444. The molecule has 27 heavy (non-hydrogen) atoms. The van der Waals surface area contributed by atoms with E-state index in [1.165, 1.54) is 11.3 Å². The zero-order valence-corrected chi connectivity index (χ0v) is 16.6. The molecule has 0 N–H and O–H groups in total. The van der Waals surface area contributed by atoms with Crippen molar-refractivity contribution in [2.45, 2.75) is 52.6 Å². The average Bonchev–Trinajstić information content (AvgIpc) is 3.30. The van der Waals surface area contributed by atoms with E-state index in [-0.39, 0.29) is 24.3 Å². The first-order chi connectivity index (χ1) is 13.0. The molecule has 1 atom stereocenters. The highest BCUT2D eigenvalue weighted by Crippen LogP contribution is 2.39. The van der Waals surface area contributed by atoms with E-state index < -0.39 is 0 Å². The molecule has 3 aromatic heterocycles. The summed E-state index contributed by atoms with van der Waals surface area (Å²) in [7, 11) is 0. The van der Waals surface area contributed by atoms with Gasteiger partial charge >= 0.3 is 0 Å². The van der Waals surface area contributed by atoms with Gasteiger partial charge in [0.25, 0.3) is 0 Å². The van der Waals surface area contributed by atoms with E-state index >= 15 is 0 Å². The normalized spacial score (nSPS) is 15.7. The lowest BCUT2D eigenvalue weighted by molar-refractivity contribution is 0.0990. The van der Waals surface area contributed by atoms with Crippen molar-refractivity contribution >= 4 is 22.9 Å². The van der Waals surface area contributed by atoms with Crippen LogP contribution in [0.1, 0.15) is 60.5 Å². The fourth-order valence-corrected chi connectivity index (χ4v) is 4.14. The number of ketones is 1. The zero-order chi connectivity index (χ0) is 19.1. The second-order valence-corrected chi connectivity index (χ2v) is 7.69. The molecule has 9 heteroatoms. The van der Waals surface area contributed by atoms with E-state index in [1.807, 2.05) is 11.5 Å². The predicted molar refractivity (Wildman–Crippen MR) is 102 cm³/mol. The molecule has 1 aliphatic heterocycles. The molecular formula is C18H21N7OS. The van der Waals surface area contributed by atoms with Gasteiger partial charge < -0.3 is 4.90 Å². The van der Waals surface area contributed by atoms with Crippen LogP contribution in [0.3, 0.4) is 0 Å². The maximum Gasteiger partial charge on any atom is 0.198 e. The van der Waals surface area contributed by atoms with E-state index in [2.05, 4.69) is 45.8 Å². The van der Waals surface area contributed by atoms with Crippen molar-refractivity contribution in [3.63, 3.8) is 0 Å². The number of Topliss-reactive ketones (excluding diaryl/α,β-unsaturated/α-hetero) is 1. The van der Waals surface area contributed by atoms with Gasteiger partial charge in [0.1, 0.15) is 17.3 Å². The zero-order valence-electron chi connectivity index (χ0n) is 15.7. The van der Waals surface area contributed by atoms with Gasteiger partial charge in [-0.05, 0) is 27.2 Å². The van der Waals surface area contributed by atoms with Gasteiger partial charge in [0.2, 0.25) is 0 Å². The van der Waals surface area contributed by atoms with E-state index in [0.717, 1.165) is 29.6 Å². The topological polar surface area (TPSA) is 89.7 Å². The van der Waals surface area contributed by atoms with Gasteiger partial charge in [-0.2, -0.15) is 0 Å². The van der Waals surface area contributed by atoms with Crippen LogP contribution in [0.5, 0.6) is 0 Å². The quantitative estimate of drug-likeness (QED) is 0.626. The maximum absolute atomic E-state index is 12.4. The van der Waals surface area contributed by atoms with Crippen molar-refractivity contribution in [2.75, 3.05) is 4.90 Å². The summed E-state index contributed by atoms with van der Waals surface area (Å²) >= 11 is 1.34. The van der Waals surface area contributed by atoms with Crippen molar-refractivity contribution in [3.8, 4) is 5.69 Å². The summed E-state index contributed by atoms with van der Waals surface area (Å²) in [4.78, 5) is 28.0. The molecule has 8 nitrogen and oxygen atoms in total. The van der Waals surface area contributed by atoms with E-state index in [9.17, 15) is 4.79 Å². The Kier molecular flexibility index (Phi) is 4.47. The van der Waals surface area contributed by atoms with Crippen LogP contribution in [0.25, 0.3) is 5.69 Å². The molecule has 0 aromatic carbocycles. The number of fused-ring (bicyclic) bond motifs is 3. The van der Waals surface area contributed by atoms with Gasteiger partial charge in [-0.15, -0.1) is 21.5 Å². The molecule has 0 saturated heterocycles. The summed E-state index contributed by atoms with van der Waals surface area (Å²) in [5.41, 5.74) is 0.858. The minimum Gasteiger partial charge on any atom is -0.342 e. The van der Waals surface area contributed by atoms with Gasteiger partial charge in [-0.3, -0.25) is 9.36 Å². The third-order valence-corrected chi connectivity index (χ3v) is 5.52. The molecule has 3 aromatic rings. The standard InChI is InChI=1S/C18H21N7OS/c1-5-12-17-23-22-11(4)25(17)13-9-20-15(21-16(13)24(12)10(2)3)8-14(26)18-19-6-7-27-18/h6-7,9-10,12H,5,8H2,1-4H3. The van der Waals surface area contributed by atoms with E-state index in [4.69, 9.17) is 4.98 Å². The Balaban J connectivity index is 1.79. The van der Waals surface area contributed by atoms with Gasteiger partial charge in [0.05, 0.1) is 18.7 Å². The number of rotatable bonds is 5. The van der Waals surface area contributed by atoms with Crippen LogP contribution in [0.2, 0.25) is 0 Å². The Hall–Kier alpha value is -2.68. The molecule has 0 bridgehead atoms. The number of aryl methyl sites for hydroxylation is 1. The van der Waals surface area contributed by atoms with Gasteiger partial charge in [-0.25, -0.2) is 15.0 Å². The number of thiazole rings is 1. The molecule has 0 spiro atoms. The third-order valence-electron chi connectivity index (χ3n) is 4.70. The molecule has 1 aliphatic rings. The van der Waals surface area contributed by atoms with Gasteiger partial charge in [-0.1, -0.05) is 6.92 Å². The highest BCUT2D eigenvalue weighted by molar-refractivity contribution is 7.11. The number of carbonyl (C=O) groups excluding carboxylic acids is 1. The summed E-state index contributed by atoms with van der Waals surface area (Å²) < 4.78 is 2.02. The number of nitrogens with zero attached hydrogens (tertiary/aromatic N) is 7. The van der Waals surface area contributed by atoms with Crippen LogP contribution < -0.4 is 4.90 Å². The highest BCUT2D eigenvalue weighted by atomic mass is 32.1. The lowest BCUT2D eigenvalue weighted by Crippen LogP contribution is -2.40. The highest BCUT2D eigenvalue weighted by Gasteiger charge is 2.36. The van der Waals surface area contributed by atoms with Crippen molar-refractivity contribution < 1.29 is 4.79 Å². The lowest BCUT2D eigenvalue weighted by Gasteiger charge is -2.39. The first-order valence-corrected chi connectivity index (χ1v) is 9.88. The van der Waals surface area contributed by atoms with E-state index in [0.29, 0.717) is 10.8 Å². The van der Waals surface area contributed by atoms with Gasteiger partial charge in [0, 0.05) is 17.6 Å². The Labute approximate surface area is 161 Å². The van der Waals surface area contributed by atoms with Crippen LogP contribution in [0.4, 0.5) is 5.82 Å². The van der Waals surface area contributed by atoms with Crippen molar-refractivity contribution in [1.29, 1.82) is 0 Å². The molecule has 4 heterocycles. The second kappa shape index (κ2) is 6.80. The lowest BCUT2D eigenvalue weighted by atomic mass is 10.1. The van der Waals surface area contributed by atoms with Crippen LogP contribution >= 0.6 is 11.3 Å². The van der Waals surface area contributed by atoms with Crippen molar-refractivity contribution in [3.05, 3.63) is 40.3 Å². The number of carbonyl (C=O) groups is 1. The average molecular weight is 383 g/mol. The molecule has 4 rings (SSSR count). The molecule has 0 aliphatic carbocycles. The Morgan fingerprint density at radius 1 is 1.30 bits per heavy atom. The predicted octanol–water partition coefficient (Wildman–Crippen LogP) is 2.93. The Bertz CT molecular complexity index is 980. The monoisotopic (exact) mass is 383 g/mol. The van der Waals surface area contributed by atoms with Gasteiger partial charge in [0.15, 0.2) is 22.4 Å². The van der Waals surface area contributed by atoms with Crippen LogP contribution in [0.15, 0.2) is 17.8 Å². The Morgan fingerprint density at radius 3 is 2.78 bits per heavy atom. The van der Waals surface area contributed by atoms with Crippen LogP contribution in [-0.4, -0.2) is 41.5 Å². The second-order valence-electron chi connectivity index (χ2n) is 6.80. The maximum atomic E-state index is 12.4. The van der Waals surface area contributed by atoms with Crippen molar-refractivity contribution in [1.82, 2.24) is 29.7 Å². The summed E-state index contributed by atoms with van der Waals surface area (Å²) in [5, 5.41) is 10.9. The number of anilines is 1. The third kappa shape index (κ3) is 2.91. The molecule has 0 saturated carbocycles. The fourth-order valence-electron chi connectivity index (χ4n) is 3.56. The molecule has 0 amide bonds. The minimum atomic E-state index is -0.0648. The summed E-state index contributed by atoms with van der Waals surface area (Å²) in [6, 6.07) is 0.299. The van der Waals surface area contributed by atoms with E-state index in [1.54, 1.807) is 17.8 Å². The molecular weight excluding hydrogens is 362 g/mol. The van der Waals surface area contributed by atoms with Crippen LogP contribution in [0, 0.1) is 6.92 Å². The first-order valence-electron chi connectivity index (χ1n) is 9.00. The molecule has 140 valence electrons. The summed E-state index contributed by atoms with van der Waals surface area (Å²) in [6.07, 6.45) is 4.42. The minimum absolute atomic E-state index is 0.0648. The molecule has 0 radical (unpaired) electrons. The number of hydrogen-bond acceptors (Lipinski definition) is 8. The van der Waals surface area contributed by atoms with Crippen LogP contribution in [-0.2, 0) is 6.42 Å². The molecule has 0 fully saturated rings. The summed E-state index contributed by atoms with van der Waals surface area (Å²) in [5.74, 6) is 2.98. The SMILES string of the molecule is CCC1c2nnc(C)n2-c2cnc(CC(=O)c3nccs3)nc2N1C(C)C. The summed E-state index contributed by atoms with van der Waals surface area (Å²) in [6.45, 7) is 8.33. The smallest absolute Gasteiger partial charge is 0.198 e. The molecule has 1 unspecified atom stereocenters. The number of aromatic nitrogens is 6. The number of hydrogen-bond donors (Lipinski definition) is 0. The van der Waals surface area contributed by atoms with Crippen molar-refractivity contribution in [2.24, 2.45) is 0 Å².